The monoisotopic (exact) mass is 320 g/mol. The van der Waals surface area contributed by atoms with Gasteiger partial charge in [0.25, 0.3) is 0 Å². The van der Waals surface area contributed by atoms with Gasteiger partial charge >= 0.3 is 0 Å². The van der Waals surface area contributed by atoms with Crippen molar-refractivity contribution in [1.82, 2.24) is 0 Å². The van der Waals surface area contributed by atoms with Gasteiger partial charge in [-0.3, -0.25) is 4.79 Å². The molecule has 110 valence electrons. The average molecular weight is 321 g/mol. The molecule has 3 rings (SSSR count). The van der Waals surface area contributed by atoms with Crippen molar-refractivity contribution in [3.8, 4) is 0 Å². The molecule has 1 atom stereocenters. The van der Waals surface area contributed by atoms with E-state index in [9.17, 15) is 4.79 Å². The molecule has 0 bridgehead atoms. The van der Waals surface area contributed by atoms with Crippen molar-refractivity contribution in [3.05, 3.63) is 45.6 Å². The molecular weight excluding hydrogens is 304 g/mol. The first-order chi connectivity index (χ1) is 10.1. The average Bonchev–Trinajstić information content (AvgIpc) is 3.23. The van der Waals surface area contributed by atoms with Crippen LogP contribution in [-0.2, 0) is 4.79 Å². The molecule has 0 aliphatic heterocycles. The van der Waals surface area contributed by atoms with Crippen LogP contribution in [-0.4, -0.2) is 5.91 Å². The standard InChI is InChI=1S/C16H17ClN2OS/c1-10(14-8-9-15(17)21-14)18-12-4-6-13(7-5-12)19-16(20)11-2-3-11/h4-11,18H,2-3H2,1H3,(H,19,20). The van der Waals surface area contributed by atoms with Crippen LogP contribution in [0.15, 0.2) is 36.4 Å². The summed E-state index contributed by atoms with van der Waals surface area (Å²) in [6.45, 7) is 2.10. The number of thiophene rings is 1. The Morgan fingerprint density at radius 1 is 1.19 bits per heavy atom. The first-order valence-electron chi connectivity index (χ1n) is 7.04. The number of carbonyl (C=O) groups excluding carboxylic acids is 1. The maximum Gasteiger partial charge on any atom is 0.227 e. The highest BCUT2D eigenvalue weighted by atomic mass is 35.5. The van der Waals surface area contributed by atoms with Gasteiger partial charge in [0.05, 0.1) is 10.4 Å². The summed E-state index contributed by atoms with van der Waals surface area (Å²) >= 11 is 7.54. The van der Waals surface area contributed by atoms with Crippen LogP contribution in [0.1, 0.15) is 30.7 Å². The molecule has 1 aliphatic rings. The summed E-state index contributed by atoms with van der Waals surface area (Å²) < 4.78 is 0.803. The lowest BCUT2D eigenvalue weighted by atomic mass is 10.2. The van der Waals surface area contributed by atoms with Gasteiger partial charge in [0.2, 0.25) is 5.91 Å². The molecule has 2 N–H and O–H groups in total. The Bertz CT molecular complexity index is 634. The number of benzene rings is 1. The van der Waals surface area contributed by atoms with E-state index < -0.39 is 0 Å². The lowest BCUT2D eigenvalue weighted by Crippen LogP contribution is -2.13. The second-order valence-electron chi connectivity index (χ2n) is 5.35. The largest absolute Gasteiger partial charge is 0.378 e. The second-order valence-corrected chi connectivity index (χ2v) is 7.10. The zero-order valence-corrected chi connectivity index (χ0v) is 13.3. The molecule has 1 aromatic carbocycles. The lowest BCUT2D eigenvalue weighted by Gasteiger charge is -2.14. The Balaban J connectivity index is 1.59. The van der Waals surface area contributed by atoms with Gasteiger partial charge in [-0.2, -0.15) is 0 Å². The molecule has 1 aliphatic carbocycles. The minimum Gasteiger partial charge on any atom is -0.378 e. The van der Waals surface area contributed by atoms with Crippen molar-refractivity contribution in [2.24, 2.45) is 5.92 Å². The van der Waals surface area contributed by atoms with Crippen molar-refractivity contribution in [1.29, 1.82) is 0 Å². The van der Waals surface area contributed by atoms with Gasteiger partial charge in [-0.25, -0.2) is 0 Å². The summed E-state index contributed by atoms with van der Waals surface area (Å²) in [5.74, 6) is 0.365. The fourth-order valence-electron chi connectivity index (χ4n) is 2.12. The van der Waals surface area contributed by atoms with E-state index in [0.717, 1.165) is 28.6 Å². The predicted molar refractivity (Wildman–Crippen MR) is 89.2 cm³/mol. The number of hydrogen-bond donors (Lipinski definition) is 2. The molecule has 1 aromatic heterocycles. The van der Waals surface area contributed by atoms with E-state index >= 15 is 0 Å². The molecule has 0 radical (unpaired) electrons. The zero-order valence-electron chi connectivity index (χ0n) is 11.7. The minimum atomic E-state index is 0.136. The highest BCUT2D eigenvalue weighted by Gasteiger charge is 2.29. The van der Waals surface area contributed by atoms with Crippen LogP contribution in [0.2, 0.25) is 4.34 Å². The third-order valence-electron chi connectivity index (χ3n) is 3.50. The van der Waals surface area contributed by atoms with Gasteiger partial charge in [0.1, 0.15) is 0 Å². The van der Waals surface area contributed by atoms with E-state index in [0.29, 0.717) is 0 Å². The minimum absolute atomic E-state index is 0.136. The molecule has 1 saturated carbocycles. The smallest absolute Gasteiger partial charge is 0.227 e. The fourth-order valence-corrected chi connectivity index (χ4v) is 3.19. The summed E-state index contributed by atoms with van der Waals surface area (Å²) in [6, 6.07) is 12.0. The normalized spacial score (nSPS) is 15.5. The molecule has 5 heteroatoms. The summed E-state index contributed by atoms with van der Waals surface area (Å²) in [4.78, 5) is 12.9. The topological polar surface area (TPSA) is 41.1 Å². The van der Waals surface area contributed by atoms with Gasteiger partial charge in [0, 0.05) is 22.2 Å². The van der Waals surface area contributed by atoms with E-state index in [-0.39, 0.29) is 17.9 Å². The van der Waals surface area contributed by atoms with Gasteiger partial charge in [0.15, 0.2) is 0 Å². The van der Waals surface area contributed by atoms with E-state index in [1.807, 2.05) is 36.4 Å². The molecule has 2 aromatic rings. The molecule has 1 amide bonds. The van der Waals surface area contributed by atoms with Crippen LogP contribution >= 0.6 is 22.9 Å². The van der Waals surface area contributed by atoms with Gasteiger partial charge in [-0.05, 0) is 56.2 Å². The van der Waals surface area contributed by atoms with Crippen LogP contribution in [0.25, 0.3) is 0 Å². The van der Waals surface area contributed by atoms with Crippen molar-refractivity contribution in [2.75, 3.05) is 10.6 Å². The van der Waals surface area contributed by atoms with E-state index in [1.54, 1.807) is 11.3 Å². The van der Waals surface area contributed by atoms with E-state index in [2.05, 4.69) is 17.6 Å². The third-order valence-corrected chi connectivity index (χ3v) is 4.92. The molecule has 1 unspecified atom stereocenters. The number of rotatable bonds is 5. The summed E-state index contributed by atoms with van der Waals surface area (Å²) in [5.41, 5.74) is 1.88. The summed E-state index contributed by atoms with van der Waals surface area (Å²) in [6.07, 6.45) is 2.04. The van der Waals surface area contributed by atoms with Crippen molar-refractivity contribution >= 4 is 40.2 Å². The van der Waals surface area contributed by atoms with Gasteiger partial charge in [-0.1, -0.05) is 11.6 Å². The van der Waals surface area contributed by atoms with Crippen LogP contribution < -0.4 is 10.6 Å². The van der Waals surface area contributed by atoms with Crippen molar-refractivity contribution in [2.45, 2.75) is 25.8 Å². The lowest BCUT2D eigenvalue weighted by molar-refractivity contribution is -0.117. The Morgan fingerprint density at radius 2 is 1.86 bits per heavy atom. The second kappa shape index (κ2) is 6.08. The van der Waals surface area contributed by atoms with E-state index in [1.165, 1.54) is 4.88 Å². The predicted octanol–water partition coefficient (Wildman–Crippen LogP) is 4.92. The molecule has 1 heterocycles. The van der Waals surface area contributed by atoms with Crippen LogP contribution in [0, 0.1) is 5.92 Å². The maximum atomic E-state index is 11.7. The Labute approximate surface area is 133 Å². The molecule has 1 fully saturated rings. The third kappa shape index (κ3) is 3.77. The first kappa shape index (κ1) is 14.4. The summed E-state index contributed by atoms with van der Waals surface area (Å²) in [5, 5.41) is 6.36. The van der Waals surface area contributed by atoms with E-state index in [4.69, 9.17) is 11.6 Å². The number of halogens is 1. The Hall–Kier alpha value is -1.52. The molecule has 3 nitrogen and oxygen atoms in total. The van der Waals surface area contributed by atoms with Gasteiger partial charge in [-0.15, -0.1) is 11.3 Å². The number of anilines is 2. The quantitative estimate of drug-likeness (QED) is 0.820. The zero-order chi connectivity index (χ0) is 14.8. The Kier molecular flexibility index (Phi) is 4.17. The number of carbonyl (C=O) groups is 1. The fraction of sp³-hybridized carbons (Fsp3) is 0.312. The summed E-state index contributed by atoms with van der Waals surface area (Å²) in [7, 11) is 0. The molecule has 0 saturated heterocycles. The molecule has 21 heavy (non-hydrogen) atoms. The van der Waals surface area contributed by atoms with Crippen molar-refractivity contribution < 1.29 is 4.79 Å². The highest BCUT2D eigenvalue weighted by molar-refractivity contribution is 7.16. The number of hydrogen-bond acceptors (Lipinski definition) is 3. The van der Waals surface area contributed by atoms with Crippen LogP contribution in [0.3, 0.4) is 0 Å². The molecular formula is C16H17ClN2OS. The Morgan fingerprint density at radius 3 is 2.43 bits per heavy atom. The van der Waals surface area contributed by atoms with Crippen LogP contribution in [0.4, 0.5) is 11.4 Å². The maximum absolute atomic E-state index is 11.7. The van der Waals surface area contributed by atoms with Crippen molar-refractivity contribution in [3.63, 3.8) is 0 Å². The highest BCUT2D eigenvalue weighted by Crippen LogP contribution is 2.31. The molecule has 0 spiro atoms. The SMILES string of the molecule is CC(Nc1ccc(NC(=O)C2CC2)cc1)c1ccc(Cl)s1. The number of amides is 1. The van der Waals surface area contributed by atoms with Gasteiger partial charge < -0.3 is 10.6 Å². The van der Waals surface area contributed by atoms with Crippen LogP contribution in [0.5, 0.6) is 0 Å². The number of nitrogens with one attached hydrogen (secondary N) is 2. The first-order valence-corrected chi connectivity index (χ1v) is 8.24.